The minimum atomic E-state index is -4.75. The van der Waals surface area contributed by atoms with E-state index in [0.717, 1.165) is 6.07 Å². The zero-order chi connectivity index (χ0) is 13.9. The maximum absolute atomic E-state index is 12.6. The number of ketones is 1. The van der Waals surface area contributed by atoms with Gasteiger partial charge in [-0.3, -0.25) is 9.59 Å². The summed E-state index contributed by atoms with van der Waals surface area (Å²) in [5.41, 5.74) is -2.49. The van der Waals surface area contributed by atoms with Gasteiger partial charge in [-0.25, -0.2) is 0 Å². The summed E-state index contributed by atoms with van der Waals surface area (Å²) in [6.07, 6.45) is -4.74. The number of hydrogen-bond acceptors (Lipinski definition) is 3. The lowest BCUT2D eigenvalue weighted by Gasteiger charge is -2.11. The van der Waals surface area contributed by atoms with E-state index in [1.54, 1.807) is 0 Å². The predicted molar refractivity (Wildman–Crippen MR) is 59.7 cm³/mol. The number of aldehydes is 1. The fourth-order valence-electron chi connectivity index (χ4n) is 1.35. The van der Waals surface area contributed by atoms with Crippen LogP contribution in [0.1, 0.15) is 31.8 Å². The van der Waals surface area contributed by atoms with Gasteiger partial charge < -0.3 is 0 Å². The molecule has 0 amide bonds. The van der Waals surface area contributed by atoms with Gasteiger partial charge in [0.2, 0.25) is 0 Å². The summed E-state index contributed by atoms with van der Waals surface area (Å²) >= 11 is 2.85. The van der Waals surface area contributed by atoms with Crippen LogP contribution in [0.15, 0.2) is 12.1 Å². The lowest BCUT2D eigenvalue weighted by Crippen LogP contribution is -2.13. The van der Waals surface area contributed by atoms with Crippen LogP contribution < -0.4 is 0 Å². The SMILES string of the molecule is N#Cc1cc(C(F)(F)F)c(C=O)cc1C(=O)CBr. The van der Waals surface area contributed by atoms with Gasteiger partial charge in [-0.2, -0.15) is 18.4 Å². The zero-order valence-electron chi connectivity index (χ0n) is 8.71. The molecule has 18 heavy (non-hydrogen) atoms. The van der Waals surface area contributed by atoms with Crippen molar-refractivity contribution in [2.24, 2.45) is 0 Å². The normalized spacial score (nSPS) is 10.8. The Morgan fingerprint density at radius 1 is 1.44 bits per heavy atom. The Labute approximate surface area is 108 Å². The first kappa shape index (κ1) is 14.4. The van der Waals surface area contributed by atoms with E-state index in [1.165, 1.54) is 6.07 Å². The molecule has 0 N–H and O–H groups in total. The van der Waals surface area contributed by atoms with Crippen LogP contribution in [-0.2, 0) is 6.18 Å². The third-order valence-electron chi connectivity index (χ3n) is 2.16. The summed E-state index contributed by atoms with van der Waals surface area (Å²) in [6, 6.07) is 2.82. The molecule has 0 heterocycles. The molecule has 0 aromatic heterocycles. The first-order valence-corrected chi connectivity index (χ1v) is 5.67. The van der Waals surface area contributed by atoms with Crippen molar-refractivity contribution in [3.63, 3.8) is 0 Å². The monoisotopic (exact) mass is 319 g/mol. The van der Waals surface area contributed by atoms with E-state index in [9.17, 15) is 22.8 Å². The van der Waals surface area contributed by atoms with Crippen molar-refractivity contribution in [3.05, 3.63) is 34.4 Å². The fraction of sp³-hybridized carbons (Fsp3) is 0.182. The van der Waals surface area contributed by atoms with Crippen LogP contribution in [0.3, 0.4) is 0 Å². The van der Waals surface area contributed by atoms with Crippen LogP contribution in [0, 0.1) is 11.3 Å². The Morgan fingerprint density at radius 3 is 2.44 bits per heavy atom. The van der Waals surface area contributed by atoms with Crippen LogP contribution in [-0.4, -0.2) is 17.4 Å². The average molecular weight is 320 g/mol. The zero-order valence-corrected chi connectivity index (χ0v) is 10.3. The summed E-state index contributed by atoms with van der Waals surface area (Å²) in [7, 11) is 0. The highest BCUT2D eigenvalue weighted by atomic mass is 79.9. The van der Waals surface area contributed by atoms with Crippen molar-refractivity contribution in [3.8, 4) is 6.07 Å². The molecule has 0 spiro atoms. The molecule has 0 aliphatic rings. The summed E-state index contributed by atoms with van der Waals surface area (Å²) in [5.74, 6) is -0.566. The van der Waals surface area contributed by atoms with E-state index in [0.29, 0.717) is 6.07 Å². The first-order valence-electron chi connectivity index (χ1n) is 4.54. The number of hydrogen-bond donors (Lipinski definition) is 0. The molecule has 0 saturated carbocycles. The molecule has 1 aromatic carbocycles. The summed E-state index contributed by atoms with van der Waals surface area (Å²) in [6.45, 7) is 0. The van der Waals surface area contributed by atoms with Gasteiger partial charge in [0.15, 0.2) is 12.1 Å². The number of nitriles is 1. The number of nitrogens with zero attached hydrogens (tertiary/aromatic N) is 1. The topological polar surface area (TPSA) is 57.9 Å². The molecule has 1 aromatic rings. The number of carbonyl (C=O) groups is 2. The van der Waals surface area contributed by atoms with Crippen molar-refractivity contribution >= 4 is 28.0 Å². The van der Waals surface area contributed by atoms with Crippen LogP contribution >= 0.6 is 15.9 Å². The quantitative estimate of drug-likeness (QED) is 0.489. The highest BCUT2D eigenvalue weighted by Gasteiger charge is 2.34. The number of benzene rings is 1. The maximum Gasteiger partial charge on any atom is 0.417 e. The first-order chi connectivity index (χ1) is 8.35. The number of halogens is 4. The van der Waals surface area contributed by atoms with Gasteiger partial charge in [0.1, 0.15) is 0 Å². The average Bonchev–Trinajstić information content (AvgIpc) is 2.34. The molecule has 7 heteroatoms. The van der Waals surface area contributed by atoms with Crippen LogP contribution in [0.25, 0.3) is 0 Å². The molecule has 0 unspecified atom stereocenters. The molecule has 0 atom stereocenters. The van der Waals surface area contributed by atoms with Crippen molar-refractivity contribution < 1.29 is 22.8 Å². The number of alkyl halides is 4. The third-order valence-corrected chi connectivity index (χ3v) is 2.67. The Balaban J connectivity index is 3.58. The lowest BCUT2D eigenvalue weighted by atomic mass is 9.97. The highest BCUT2D eigenvalue weighted by molar-refractivity contribution is 9.09. The Hall–Kier alpha value is -1.68. The van der Waals surface area contributed by atoms with E-state index in [1.807, 2.05) is 0 Å². The van der Waals surface area contributed by atoms with Crippen molar-refractivity contribution in [2.75, 3.05) is 5.33 Å². The van der Waals surface area contributed by atoms with E-state index in [4.69, 9.17) is 5.26 Å². The second-order valence-electron chi connectivity index (χ2n) is 3.27. The molecule has 0 aliphatic carbocycles. The van der Waals surface area contributed by atoms with Gasteiger partial charge in [0.05, 0.1) is 22.5 Å². The van der Waals surface area contributed by atoms with Crippen LogP contribution in [0.4, 0.5) is 13.2 Å². The Kier molecular flexibility index (Phi) is 4.24. The van der Waals surface area contributed by atoms with Crippen LogP contribution in [0.2, 0.25) is 0 Å². The molecule has 0 radical (unpaired) electrons. The number of Topliss-reactive ketones (excluding diaryl/α,β-unsaturated/α-hetero) is 1. The fourth-order valence-corrected chi connectivity index (χ4v) is 1.66. The van der Waals surface area contributed by atoms with Gasteiger partial charge in [-0.1, -0.05) is 15.9 Å². The standard InChI is InChI=1S/C11H5BrF3NO2/c12-3-10(18)8-1-7(5-17)9(11(13,14)15)2-6(8)4-16/h1-2,5H,3H2. The summed E-state index contributed by atoms with van der Waals surface area (Å²) < 4.78 is 37.8. The Morgan fingerprint density at radius 2 is 2.06 bits per heavy atom. The van der Waals surface area contributed by atoms with Crippen LogP contribution in [0.5, 0.6) is 0 Å². The molecule has 1 rings (SSSR count). The minimum absolute atomic E-state index is 0.00892. The molecular formula is C11H5BrF3NO2. The summed E-state index contributed by atoms with van der Waals surface area (Å²) in [4.78, 5) is 22.1. The summed E-state index contributed by atoms with van der Waals surface area (Å²) in [5, 5.41) is 8.60. The largest absolute Gasteiger partial charge is 0.417 e. The second kappa shape index (κ2) is 5.31. The predicted octanol–water partition coefficient (Wildman–Crippen LogP) is 2.97. The van der Waals surface area contributed by atoms with Gasteiger partial charge in [-0.15, -0.1) is 0 Å². The molecule has 3 nitrogen and oxygen atoms in total. The molecular weight excluding hydrogens is 315 g/mol. The number of carbonyl (C=O) groups excluding carboxylic acids is 2. The maximum atomic E-state index is 12.6. The van der Waals surface area contributed by atoms with E-state index >= 15 is 0 Å². The van der Waals surface area contributed by atoms with Crippen molar-refractivity contribution in [1.29, 1.82) is 5.26 Å². The third kappa shape index (κ3) is 2.76. The van der Waals surface area contributed by atoms with Gasteiger partial charge in [0, 0.05) is 11.1 Å². The van der Waals surface area contributed by atoms with Gasteiger partial charge in [0.25, 0.3) is 0 Å². The van der Waals surface area contributed by atoms with E-state index in [2.05, 4.69) is 15.9 Å². The molecule has 0 saturated heterocycles. The smallest absolute Gasteiger partial charge is 0.298 e. The lowest BCUT2D eigenvalue weighted by molar-refractivity contribution is -0.137. The molecule has 94 valence electrons. The molecule has 0 aliphatic heterocycles. The van der Waals surface area contributed by atoms with Gasteiger partial charge >= 0.3 is 6.18 Å². The number of rotatable bonds is 3. The van der Waals surface area contributed by atoms with Gasteiger partial charge in [-0.05, 0) is 12.1 Å². The van der Waals surface area contributed by atoms with Crippen molar-refractivity contribution in [1.82, 2.24) is 0 Å². The van der Waals surface area contributed by atoms with Crippen molar-refractivity contribution in [2.45, 2.75) is 6.18 Å². The minimum Gasteiger partial charge on any atom is -0.298 e. The molecule has 0 bridgehead atoms. The molecule has 0 fully saturated rings. The second-order valence-corrected chi connectivity index (χ2v) is 3.83. The highest BCUT2D eigenvalue weighted by Crippen LogP contribution is 2.33. The van der Waals surface area contributed by atoms with E-state index < -0.39 is 28.6 Å². The Bertz CT molecular complexity index is 546. The van der Waals surface area contributed by atoms with E-state index in [-0.39, 0.29) is 17.2 Å².